The highest BCUT2D eigenvalue weighted by Crippen LogP contribution is 2.27. The van der Waals surface area contributed by atoms with Crippen LogP contribution < -0.4 is 10.5 Å². The molecule has 3 heteroatoms. The number of nitrogens with two attached hydrogens (primary N) is 1. The van der Waals surface area contributed by atoms with E-state index in [0.29, 0.717) is 6.61 Å². The standard InChI is InChI=1S/C13H21NO2/c1-4-15-8-5-9-16-13-10(2)6-7-12(14)11(13)3/h6-7H,4-5,8-9,14H2,1-3H3. The molecule has 0 bridgehead atoms. The van der Waals surface area contributed by atoms with Crippen LogP contribution in [0.15, 0.2) is 12.1 Å². The van der Waals surface area contributed by atoms with Crippen molar-refractivity contribution in [1.29, 1.82) is 0 Å². The van der Waals surface area contributed by atoms with E-state index in [-0.39, 0.29) is 0 Å². The van der Waals surface area contributed by atoms with E-state index >= 15 is 0 Å². The third-order valence-corrected chi connectivity index (χ3v) is 2.53. The molecule has 0 atom stereocenters. The zero-order chi connectivity index (χ0) is 12.0. The summed E-state index contributed by atoms with van der Waals surface area (Å²) >= 11 is 0. The van der Waals surface area contributed by atoms with Gasteiger partial charge in [0.25, 0.3) is 0 Å². The summed E-state index contributed by atoms with van der Waals surface area (Å²) in [7, 11) is 0. The molecule has 0 aromatic heterocycles. The van der Waals surface area contributed by atoms with Crippen LogP contribution in [0, 0.1) is 13.8 Å². The average molecular weight is 223 g/mol. The van der Waals surface area contributed by atoms with Crippen molar-refractivity contribution in [3.63, 3.8) is 0 Å². The predicted molar refractivity (Wildman–Crippen MR) is 66.9 cm³/mol. The fraction of sp³-hybridized carbons (Fsp3) is 0.538. The van der Waals surface area contributed by atoms with Gasteiger partial charge in [-0.15, -0.1) is 0 Å². The summed E-state index contributed by atoms with van der Waals surface area (Å²) in [6.07, 6.45) is 0.904. The number of hydrogen-bond acceptors (Lipinski definition) is 3. The zero-order valence-corrected chi connectivity index (χ0v) is 10.4. The SMILES string of the molecule is CCOCCCOc1c(C)ccc(N)c1C. The lowest BCUT2D eigenvalue weighted by molar-refractivity contribution is 0.130. The Bertz CT molecular complexity index is 337. The molecule has 0 heterocycles. The molecule has 1 aromatic carbocycles. The third-order valence-electron chi connectivity index (χ3n) is 2.53. The molecule has 3 nitrogen and oxygen atoms in total. The number of rotatable bonds is 6. The first-order valence-corrected chi connectivity index (χ1v) is 5.73. The monoisotopic (exact) mass is 223 g/mol. The van der Waals surface area contributed by atoms with Gasteiger partial charge in [-0.25, -0.2) is 0 Å². The Hall–Kier alpha value is -1.22. The van der Waals surface area contributed by atoms with Crippen molar-refractivity contribution in [2.75, 3.05) is 25.6 Å². The normalized spacial score (nSPS) is 10.4. The summed E-state index contributed by atoms with van der Waals surface area (Å²) in [5.41, 5.74) is 8.77. The van der Waals surface area contributed by atoms with Gasteiger partial charge in [0.2, 0.25) is 0 Å². The molecule has 0 saturated carbocycles. The van der Waals surface area contributed by atoms with Crippen LogP contribution in [0.2, 0.25) is 0 Å². The number of nitrogen functional groups attached to an aromatic ring is 1. The maximum Gasteiger partial charge on any atom is 0.127 e. The van der Waals surface area contributed by atoms with Gasteiger partial charge in [-0.1, -0.05) is 6.07 Å². The van der Waals surface area contributed by atoms with Crippen molar-refractivity contribution in [1.82, 2.24) is 0 Å². The smallest absolute Gasteiger partial charge is 0.127 e. The predicted octanol–water partition coefficient (Wildman–Crippen LogP) is 2.69. The highest BCUT2D eigenvalue weighted by molar-refractivity contribution is 5.56. The topological polar surface area (TPSA) is 44.5 Å². The van der Waals surface area contributed by atoms with Crippen LogP contribution in [-0.2, 0) is 4.74 Å². The van der Waals surface area contributed by atoms with Crippen LogP contribution in [0.1, 0.15) is 24.5 Å². The summed E-state index contributed by atoms with van der Waals surface area (Å²) in [6, 6.07) is 3.90. The molecule has 0 aliphatic rings. The van der Waals surface area contributed by atoms with Crippen LogP contribution in [0.25, 0.3) is 0 Å². The number of ether oxygens (including phenoxy) is 2. The fourth-order valence-corrected chi connectivity index (χ4v) is 1.54. The zero-order valence-electron chi connectivity index (χ0n) is 10.4. The Balaban J connectivity index is 2.50. The molecule has 0 unspecified atom stereocenters. The second kappa shape index (κ2) is 6.38. The van der Waals surface area contributed by atoms with Crippen molar-refractivity contribution in [2.24, 2.45) is 0 Å². The molecule has 1 aromatic rings. The molecule has 0 amide bonds. The van der Waals surface area contributed by atoms with Crippen LogP contribution in [0.3, 0.4) is 0 Å². The Labute approximate surface area is 97.6 Å². The van der Waals surface area contributed by atoms with Gasteiger partial charge < -0.3 is 15.2 Å². The molecule has 1 rings (SSSR count). The number of aryl methyl sites for hydroxylation is 1. The summed E-state index contributed by atoms with van der Waals surface area (Å²) in [5, 5.41) is 0. The molecular formula is C13H21NO2. The van der Waals surface area contributed by atoms with Gasteiger partial charge in [0, 0.05) is 30.9 Å². The third kappa shape index (κ3) is 3.42. The van der Waals surface area contributed by atoms with Crippen LogP contribution >= 0.6 is 0 Å². The van der Waals surface area contributed by atoms with Crippen molar-refractivity contribution in [2.45, 2.75) is 27.2 Å². The first kappa shape index (κ1) is 12.8. The van der Waals surface area contributed by atoms with E-state index in [1.807, 2.05) is 32.9 Å². The Kier molecular flexibility index (Phi) is 5.12. The second-order valence-electron chi connectivity index (χ2n) is 3.82. The lowest BCUT2D eigenvalue weighted by atomic mass is 10.1. The van der Waals surface area contributed by atoms with Crippen molar-refractivity contribution in [3.05, 3.63) is 23.3 Å². The maximum atomic E-state index is 5.84. The molecule has 0 aliphatic carbocycles. The van der Waals surface area contributed by atoms with Crippen LogP contribution in [0.4, 0.5) is 5.69 Å². The molecule has 0 spiro atoms. The number of anilines is 1. The molecule has 0 radical (unpaired) electrons. The van der Waals surface area contributed by atoms with Crippen molar-refractivity contribution < 1.29 is 9.47 Å². The van der Waals surface area contributed by atoms with E-state index in [9.17, 15) is 0 Å². The summed E-state index contributed by atoms with van der Waals surface area (Å²) < 4.78 is 11.0. The van der Waals surface area contributed by atoms with E-state index in [1.54, 1.807) is 0 Å². The first-order valence-electron chi connectivity index (χ1n) is 5.73. The molecule has 0 fully saturated rings. The van der Waals surface area contributed by atoms with Crippen molar-refractivity contribution in [3.8, 4) is 5.75 Å². The largest absolute Gasteiger partial charge is 0.493 e. The maximum absolute atomic E-state index is 5.84. The Morgan fingerprint density at radius 2 is 1.94 bits per heavy atom. The molecule has 0 saturated heterocycles. The average Bonchev–Trinajstić information content (AvgIpc) is 2.28. The van der Waals surface area contributed by atoms with Gasteiger partial charge in [-0.2, -0.15) is 0 Å². The van der Waals surface area contributed by atoms with E-state index in [2.05, 4.69) is 0 Å². The quantitative estimate of drug-likeness (QED) is 0.595. The van der Waals surface area contributed by atoms with E-state index in [0.717, 1.165) is 42.2 Å². The lowest BCUT2D eigenvalue weighted by Crippen LogP contribution is -2.05. The molecule has 0 aliphatic heterocycles. The minimum absolute atomic E-state index is 0.672. The highest BCUT2D eigenvalue weighted by atomic mass is 16.5. The van der Waals surface area contributed by atoms with Gasteiger partial charge in [0.1, 0.15) is 5.75 Å². The number of hydrogen-bond donors (Lipinski definition) is 1. The minimum Gasteiger partial charge on any atom is -0.493 e. The molecule has 90 valence electrons. The second-order valence-corrected chi connectivity index (χ2v) is 3.82. The van der Waals surface area contributed by atoms with Gasteiger partial charge in [0.05, 0.1) is 6.61 Å². The van der Waals surface area contributed by atoms with Gasteiger partial charge in [-0.3, -0.25) is 0 Å². The van der Waals surface area contributed by atoms with E-state index in [4.69, 9.17) is 15.2 Å². The van der Waals surface area contributed by atoms with Crippen LogP contribution in [-0.4, -0.2) is 19.8 Å². The van der Waals surface area contributed by atoms with E-state index < -0.39 is 0 Å². The minimum atomic E-state index is 0.672. The molecule has 16 heavy (non-hydrogen) atoms. The lowest BCUT2D eigenvalue weighted by Gasteiger charge is -2.13. The Morgan fingerprint density at radius 1 is 1.19 bits per heavy atom. The fourth-order valence-electron chi connectivity index (χ4n) is 1.54. The van der Waals surface area contributed by atoms with Gasteiger partial charge in [0.15, 0.2) is 0 Å². The molecule has 2 N–H and O–H groups in total. The summed E-state index contributed by atoms with van der Waals surface area (Å²) in [4.78, 5) is 0. The molecular weight excluding hydrogens is 202 g/mol. The first-order chi connectivity index (χ1) is 7.66. The van der Waals surface area contributed by atoms with Crippen molar-refractivity contribution >= 4 is 5.69 Å². The van der Waals surface area contributed by atoms with E-state index in [1.165, 1.54) is 0 Å². The Morgan fingerprint density at radius 3 is 2.62 bits per heavy atom. The van der Waals surface area contributed by atoms with Crippen LogP contribution in [0.5, 0.6) is 5.75 Å². The number of benzene rings is 1. The summed E-state index contributed by atoms with van der Waals surface area (Å²) in [5.74, 6) is 0.913. The highest BCUT2D eigenvalue weighted by Gasteiger charge is 2.06. The van der Waals surface area contributed by atoms with Gasteiger partial charge >= 0.3 is 0 Å². The summed E-state index contributed by atoms with van der Waals surface area (Å²) in [6.45, 7) is 8.19. The van der Waals surface area contributed by atoms with Gasteiger partial charge in [-0.05, 0) is 32.4 Å².